The fourth-order valence-electron chi connectivity index (χ4n) is 4.70. The number of fused-ring (bicyclic) bond motifs is 1. The van der Waals surface area contributed by atoms with E-state index in [1.807, 2.05) is 0 Å². The zero-order chi connectivity index (χ0) is 15.5. The van der Waals surface area contributed by atoms with Gasteiger partial charge < -0.3 is 16.0 Å². The molecule has 0 unspecified atom stereocenters. The Bertz CT molecular complexity index is 426. The number of nitrogens with zero attached hydrogens (tertiary/aromatic N) is 1. The van der Waals surface area contributed by atoms with Crippen molar-refractivity contribution in [3.05, 3.63) is 0 Å². The molecule has 3 rings (SSSR count). The van der Waals surface area contributed by atoms with E-state index in [0.717, 1.165) is 37.6 Å². The Labute approximate surface area is 133 Å². The van der Waals surface area contributed by atoms with Crippen LogP contribution in [0, 0.1) is 23.7 Å². The maximum absolute atomic E-state index is 12.4. The van der Waals surface area contributed by atoms with Gasteiger partial charge in [0.1, 0.15) is 0 Å². The lowest BCUT2D eigenvalue weighted by Gasteiger charge is -2.38. The quantitative estimate of drug-likeness (QED) is 0.838. The SMILES string of the molecule is NC(=O)N1CC[C@H](CNC(=O)[C@@H]2CC[C@@H]3CCCC[C@H]3C2)C1. The summed E-state index contributed by atoms with van der Waals surface area (Å²) in [5.41, 5.74) is 5.29. The van der Waals surface area contributed by atoms with Gasteiger partial charge in [-0.2, -0.15) is 0 Å². The van der Waals surface area contributed by atoms with E-state index >= 15 is 0 Å². The fraction of sp³-hybridized carbons (Fsp3) is 0.882. The molecule has 0 radical (unpaired) electrons. The molecule has 5 heteroatoms. The summed E-state index contributed by atoms with van der Waals surface area (Å²) in [4.78, 5) is 25.2. The maximum atomic E-state index is 12.4. The van der Waals surface area contributed by atoms with Crippen molar-refractivity contribution in [2.45, 2.75) is 51.4 Å². The Morgan fingerprint density at radius 1 is 1.05 bits per heavy atom. The van der Waals surface area contributed by atoms with Crippen LogP contribution in [0.1, 0.15) is 51.4 Å². The van der Waals surface area contributed by atoms with Crippen molar-refractivity contribution in [2.24, 2.45) is 29.4 Å². The van der Waals surface area contributed by atoms with E-state index in [4.69, 9.17) is 5.73 Å². The third-order valence-electron chi connectivity index (χ3n) is 6.07. The molecule has 0 aromatic rings. The van der Waals surface area contributed by atoms with Crippen molar-refractivity contribution in [3.8, 4) is 0 Å². The number of carbonyl (C=O) groups excluding carboxylic acids is 2. The summed E-state index contributed by atoms with van der Waals surface area (Å²) < 4.78 is 0. The molecule has 3 aliphatic rings. The number of likely N-dealkylation sites (tertiary alicyclic amines) is 1. The fourth-order valence-corrected chi connectivity index (χ4v) is 4.70. The number of hydrogen-bond donors (Lipinski definition) is 2. The first kappa shape index (κ1) is 15.6. The summed E-state index contributed by atoms with van der Waals surface area (Å²) in [6, 6.07) is -0.343. The first-order chi connectivity index (χ1) is 10.6. The van der Waals surface area contributed by atoms with Gasteiger partial charge in [0.15, 0.2) is 0 Å². The predicted molar refractivity (Wildman–Crippen MR) is 85.1 cm³/mol. The van der Waals surface area contributed by atoms with E-state index in [-0.39, 0.29) is 17.9 Å². The number of nitrogens with two attached hydrogens (primary N) is 1. The minimum Gasteiger partial charge on any atom is -0.356 e. The predicted octanol–water partition coefficient (Wildman–Crippen LogP) is 2.11. The molecule has 124 valence electrons. The van der Waals surface area contributed by atoms with E-state index in [2.05, 4.69) is 5.32 Å². The van der Waals surface area contributed by atoms with E-state index < -0.39 is 0 Å². The monoisotopic (exact) mass is 307 g/mol. The molecule has 1 heterocycles. The molecule has 0 aromatic carbocycles. The highest BCUT2D eigenvalue weighted by Gasteiger charge is 2.35. The lowest BCUT2D eigenvalue weighted by Crippen LogP contribution is -2.40. The molecule has 3 fully saturated rings. The molecule has 0 bridgehead atoms. The van der Waals surface area contributed by atoms with Gasteiger partial charge in [-0.3, -0.25) is 4.79 Å². The third kappa shape index (κ3) is 3.55. The second kappa shape index (κ2) is 6.88. The Kier molecular flexibility index (Phi) is 4.89. The van der Waals surface area contributed by atoms with Gasteiger partial charge in [0.2, 0.25) is 5.91 Å². The average molecular weight is 307 g/mol. The smallest absolute Gasteiger partial charge is 0.314 e. The van der Waals surface area contributed by atoms with Crippen molar-refractivity contribution >= 4 is 11.9 Å². The molecule has 1 saturated heterocycles. The molecule has 4 atom stereocenters. The number of rotatable bonds is 3. The first-order valence-electron chi connectivity index (χ1n) is 8.95. The van der Waals surface area contributed by atoms with Crippen LogP contribution in [-0.4, -0.2) is 36.5 Å². The number of primary amides is 1. The Morgan fingerprint density at radius 3 is 2.55 bits per heavy atom. The zero-order valence-corrected chi connectivity index (χ0v) is 13.4. The molecular weight excluding hydrogens is 278 g/mol. The van der Waals surface area contributed by atoms with Crippen LogP contribution in [0.5, 0.6) is 0 Å². The molecule has 2 saturated carbocycles. The van der Waals surface area contributed by atoms with Crippen LogP contribution < -0.4 is 11.1 Å². The van der Waals surface area contributed by atoms with E-state index in [9.17, 15) is 9.59 Å². The van der Waals surface area contributed by atoms with Crippen molar-refractivity contribution in [1.29, 1.82) is 0 Å². The molecular formula is C17H29N3O2. The normalized spacial score (nSPS) is 35.0. The minimum absolute atomic E-state index is 0.216. The van der Waals surface area contributed by atoms with Gasteiger partial charge >= 0.3 is 6.03 Å². The van der Waals surface area contributed by atoms with E-state index in [1.165, 1.54) is 32.1 Å². The summed E-state index contributed by atoms with van der Waals surface area (Å²) in [5, 5.41) is 3.13. The Hall–Kier alpha value is -1.26. The molecule has 22 heavy (non-hydrogen) atoms. The standard InChI is InChI=1S/C17H29N3O2/c18-17(22)20-8-7-12(11-20)10-19-16(21)15-6-5-13-3-1-2-4-14(13)9-15/h12-15H,1-11H2,(H2,18,22)(H,19,21)/t12-,13+,14+,15-/m1/s1. The van der Waals surface area contributed by atoms with Crippen LogP contribution in [0.4, 0.5) is 4.79 Å². The average Bonchev–Trinajstić information content (AvgIpc) is 3.01. The lowest BCUT2D eigenvalue weighted by molar-refractivity contribution is -0.127. The van der Waals surface area contributed by atoms with Gasteiger partial charge in [-0.15, -0.1) is 0 Å². The van der Waals surface area contributed by atoms with Crippen LogP contribution in [0.15, 0.2) is 0 Å². The number of hydrogen-bond acceptors (Lipinski definition) is 2. The van der Waals surface area contributed by atoms with Crippen LogP contribution in [-0.2, 0) is 4.79 Å². The summed E-state index contributed by atoms with van der Waals surface area (Å²) >= 11 is 0. The number of urea groups is 1. The van der Waals surface area contributed by atoms with Crippen LogP contribution in [0.3, 0.4) is 0 Å². The lowest BCUT2D eigenvalue weighted by atomic mass is 9.67. The molecule has 3 N–H and O–H groups in total. The second-order valence-electron chi connectivity index (χ2n) is 7.50. The van der Waals surface area contributed by atoms with Crippen LogP contribution >= 0.6 is 0 Å². The number of carbonyl (C=O) groups is 2. The highest BCUT2D eigenvalue weighted by atomic mass is 16.2. The highest BCUT2D eigenvalue weighted by Crippen LogP contribution is 2.42. The number of nitrogens with one attached hydrogen (secondary N) is 1. The van der Waals surface area contributed by atoms with Crippen molar-refractivity contribution in [3.63, 3.8) is 0 Å². The Morgan fingerprint density at radius 2 is 1.82 bits per heavy atom. The van der Waals surface area contributed by atoms with Crippen molar-refractivity contribution < 1.29 is 9.59 Å². The van der Waals surface area contributed by atoms with E-state index in [1.54, 1.807) is 4.90 Å². The van der Waals surface area contributed by atoms with Gasteiger partial charge in [-0.05, 0) is 43.4 Å². The van der Waals surface area contributed by atoms with Crippen LogP contribution in [0.2, 0.25) is 0 Å². The third-order valence-corrected chi connectivity index (χ3v) is 6.07. The largest absolute Gasteiger partial charge is 0.356 e. The van der Waals surface area contributed by atoms with Gasteiger partial charge in [0.05, 0.1) is 0 Å². The van der Waals surface area contributed by atoms with Crippen molar-refractivity contribution in [2.75, 3.05) is 19.6 Å². The molecule has 5 nitrogen and oxygen atoms in total. The minimum atomic E-state index is -0.343. The molecule has 0 aromatic heterocycles. The van der Waals surface area contributed by atoms with Gasteiger partial charge in [0.25, 0.3) is 0 Å². The zero-order valence-electron chi connectivity index (χ0n) is 13.4. The topological polar surface area (TPSA) is 75.4 Å². The Balaban J connectivity index is 1.42. The maximum Gasteiger partial charge on any atom is 0.314 e. The molecule has 1 aliphatic heterocycles. The first-order valence-corrected chi connectivity index (χ1v) is 8.95. The molecule has 2 aliphatic carbocycles. The molecule has 0 spiro atoms. The second-order valence-corrected chi connectivity index (χ2v) is 7.50. The van der Waals surface area contributed by atoms with Gasteiger partial charge in [-0.25, -0.2) is 4.79 Å². The van der Waals surface area contributed by atoms with Gasteiger partial charge in [-0.1, -0.05) is 25.7 Å². The number of amides is 3. The molecule has 3 amide bonds. The summed E-state index contributed by atoms with van der Waals surface area (Å²) in [6.07, 6.45) is 9.77. The summed E-state index contributed by atoms with van der Waals surface area (Å²) in [6.45, 7) is 2.10. The van der Waals surface area contributed by atoms with Crippen molar-refractivity contribution in [1.82, 2.24) is 10.2 Å². The summed E-state index contributed by atoms with van der Waals surface area (Å²) in [7, 11) is 0. The summed E-state index contributed by atoms with van der Waals surface area (Å²) in [5.74, 6) is 2.49. The highest BCUT2D eigenvalue weighted by molar-refractivity contribution is 5.78. The van der Waals surface area contributed by atoms with E-state index in [0.29, 0.717) is 19.0 Å². The van der Waals surface area contributed by atoms with Gasteiger partial charge in [0, 0.05) is 25.6 Å². The van der Waals surface area contributed by atoms with Crippen LogP contribution in [0.25, 0.3) is 0 Å².